The first-order valence-electron chi connectivity index (χ1n) is 9.92. The number of aromatic nitrogens is 2. The summed E-state index contributed by atoms with van der Waals surface area (Å²) in [5.41, 5.74) is 4.54. The fourth-order valence-corrected chi connectivity index (χ4v) is 3.11. The molecule has 0 radical (unpaired) electrons. The van der Waals surface area contributed by atoms with E-state index in [2.05, 4.69) is 26.3 Å². The lowest BCUT2D eigenvalue weighted by Gasteiger charge is -2.17. The zero-order valence-electron chi connectivity index (χ0n) is 18.3. The Hall–Kier alpha value is -4.00. The number of hydrogen-bond acceptors (Lipinski definition) is 7. The molecular formula is C21H19ClF3N5O5. The molecule has 1 aromatic carbocycles. The van der Waals surface area contributed by atoms with Crippen molar-refractivity contribution in [1.82, 2.24) is 26.3 Å². The van der Waals surface area contributed by atoms with Gasteiger partial charge in [0.1, 0.15) is 18.2 Å². The van der Waals surface area contributed by atoms with Gasteiger partial charge >= 0.3 is 11.9 Å². The molecule has 3 rings (SSSR count). The highest BCUT2D eigenvalue weighted by Crippen LogP contribution is 2.37. The highest BCUT2D eigenvalue weighted by atomic mass is 35.5. The van der Waals surface area contributed by atoms with E-state index >= 15 is 0 Å². The van der Waals surface area contributed by atoms with Crippen molar-refractivity contribution >= 4 is 23.5 Å². The van der Waals surface area contributed by atoms with Gasteiger partial charge in [-0.3, -0.25) is 15.2 Å². The highest BCUT2D eigenvalue weighted by molar-refractivity contribution is 6.32. The first kappa shape index (κ1) is 25.6. The van der Waals surface area contributed by atoms with Crippen molar-refractivity contribution in [3.8, 4) is 22.8 Å². The number of alkyl halides is 2. The Morgan fingerprint density at radius 3 is 2.66 bits per heavy atom. The first-order chi connectivity index (χ1) is 16.7. The molecule has 0 saturated heterocycles. The molecule has 0 fully saturated rings. The molecule has 0 spiro atoms. The molecule has 35 heavy (non-hydrogen) atoms. The van der Waals surface area contributed by atoms with E-state index in [1.165, 1.54) is 38.4 Å². The Morgan fingerprint density at radius 2 is 2.00 bits per heavy atom. The van der Waals surface area contributed by atoms with E-state index in [0.717, 1.165) is 6.07 Å². The Labute approximate surface area is 201 Å². The first-order valence-corrected chi connectivity index (χ1v) is 10.3. The second-order valence-corrected chi connectivity index (χ2v) is 7.32. The summed E-state index contributed by atoms with van der Waals surface area (Å²) < 4.78 is 54.6. The number of nitrogens with one attached hydrogen (secondary N) is 3. The van der Waals surface area contributed by atoms with E-state index in [9.17, 15) is 22.8 Å². The molecule has 0 aliphatic heterocycles. The van der Waals surface area contributed by atoms with Crippen LogP contribution in [0.4, 0.5) is 18.0 Å². The van der Waals surface area contributed by atoms with Crippen molar-refractivity contribution < 1.29 is 36.8 Å². The van der Waals surface area contributed by atoms with Crippen LogP contribution in [0.2, 0.25) is 5.02 Å². The van der Waals surface area contributed by atoms with E-state index in [1.807, 2.05) is 0 Å². The summed E-state index contributed by atoms with van der Waals surface area (Å²) in [6, 6.07) is 5.06. The number of ether oxygens (including phenoxy) is 2. The number of carbonyl (C=O) groups is 2. The van der Waals surface area contributed by atoms with Gasteiger partial charge in [0, 0.05) is 17.3 Å². The van der Waals surface area contributed by atoms with Gasteiger partial charge in [0.15, 0.2) is 0 Å². The van der Waals surface area contributed by atoms with Crippen molar-refractivity contribution in [2.75, 3.05) is 13.7 Å². The number of rotatable bonds is 8. The zero-order chi connectivity index (χ0) is 25.5. The molecule has 1 atom stereocenters. The van der Waals surface area contributed by atoms with Gasteiger partial charge < -0.3 is 19.3 Å². The molecule has 0 saturated carbocycles. The topological polar surface area (TPSA) is 128 Å². The minimum atomic E-state index is -2.72. The zero-order valence-corrected chi connectivity index (χ0v) is 19.0. The van der Waals surface area contributed by atoms with Gasteiger partial charge in [-0.25, -0.2) is 23.4 Å². The van der Waals surface area contributed by atoms with Crippen LogP contribution in [0.15, 0.2) is 41.1 Å². The second kappa shape index (κ2) is 11.4. The number of halogens is 4. The van der Waals surface area contributed by atoms with Crippen LogP contribution >= 0.6 is 11.6 Å². The van der Waals surface area contributed by atoms with Gasteiger partial charge in [0.2, 0.25) is 5.76 Å². The summed E-state index contributed by atoms with van der Waals surface area (Å²) in [5, 5.41) is 5.93. The fraction of sp³-hybridized carbons (Fsp3) is 0.238. The minimum absolute atomic E-state index is 0.0333. The average molecular weight is 514 g/mol. The molecule has 1 unspecified atom stereocenters. The summed E-state index contributed by atoms with van der Waals surface area (Å²) in [6.07, 6.45) is -1.44. The van der Waals surface area contributed by atoms with Crippen LogP contribution in [0.3, 0.4) is 0 Å². The molecule has 3 N–H and O–H groups in total. The smallest absolute Gasteiger partial charge is 0.334 e. The number of nitrogens with zero attached hydrogens (tertiary/aromatic N) is 2. The molecular weight excluding hydrogens is 495 g/mol. The largest absolute Gasteiger partial charge is 0.485 e. The van der Waals surface area contributed by atoms with Gasteiger partial charge in [-0.1, -0.05) is 23.7 Å². The third-order valence-electron chi connectivity index (χ3n) is 4.47. The Balaban J connectivity index is 1.65. The number of pyridine rings is 1. The van der Waals surface area contributed by atoms with Gasteiger partial charge in [-0.2, -0.15) is 0 Å². The predicted octanol–water partition coefficient (Wildman–Crippen LogP) is 3.89. The number of carbonyl (C=O) groups excluding carboxylic acids is 2. The third-order valence-corrected chi connectivity index (χ3v) is 4.77. The normalized spacial score (nSPS) is 11.6. The average Bonchev–Trinajstić information content (AvgIpc) is 3.31. The number of hydrogen-bond donors (Lipinski definition) is 3. The van der Waals surface area contributed by atoms with Crippen LogP contribution < -0.4 is 25.6 Å². The maximum absolute atomic E-state index is 14.8. The van der Waals surface area contributed by atoms with Crippen molar-refractivity contribution in [1.29, 1.82) is 0 Å². The molecule has 10 nitrogen and oxygen atoms in total. The van der Waals surface area contributed by atoms with Crippen molar-refractivity contribution in [2.45, 2.75) is 19.4 Å². The van der Waals surface area contributed by atoms with E-state index in [1.54, 1.807) is 6.07 Å². The summed E-state index contributed by atoms with van der Waals surface area (Å²) >= 11 is 6.06. The summed E-state index contributed by atoms with van der Waals surface area (Å²) in [5.74, 6) is -1.76. The lowest BCUT2D eigenvalue weighted by molar-refractivity contribution is 0.0822. The van der Waals surface area contributed by atoms with E-state index in [-0.39, 0.29) is 39.2 Å². The van der Waals surface area contributed by atoms with E-state index in [4.69, 9.17) is 25.6 Å². The van der Waals surface area contributed by atoms with Gasteiger partial charge in [0.05, 0.1) is 29.9 Å². The lowest BCUT2D eigenvalue weighted by atomic mass is 10.0. The van der Waals surface area contributed by atoms with E-state index < -0.39 is 36.8 Å². The monoisotopic (exact) mass is 513 g/mol. The molecule has 3 amide bonds. The molecule has 3 aromatic rings. The predicted molar refractivity (Wildman–Crippen MR) is 117 cm³/mol. The van der Waals surface area contributed by atoms with Crippen LogP contribution in [-0.4, -0.2) is 42.2 Å². The second-order valence-electron chi connectivity index (χ2n) is 6.92. The highest BCUT2D eigenvalue weighted by Gasteiger charge is 2.20. The van der Waals surface area contributed by atoms with E-state index in [0.29, 0.717) is 0 Å². The molecule has 0 aliphatic rings. The van der Waals surface area contributed by atoms with Crippen LogP contribution in [0.25, 0.3) is 11.1 Å². The van der Waals surface area contributed by atoms with Crippen LogP contribution in [0.5, 0.6) is 11.6 Å². The molecule has 2 aromatic heterocycles. The third kappa shape index (κ3) is 6.53. The van der Waals surface area contributed by atoms with Crippen molar-refractivity contribution in [2.24, 2.45) is 0 Å². The number of benzene rings is 1. The summed E-state index contributed by atoms with van der Waals surface area (Å²) in [6.45, 7) is 0.575. The molecule has 186 valence electrons. The quantitative estimate of drug-likeness (QED) is 0.390. The number of methoxy groups -OCH3 is 1. The summed E-state index contributed by atoms with van der Waals surface area (Å²) in [7, 11) is 1.33. The Morgan fingerprint density at radius 1 is 1.23 bits per heavy atom. The molecule has 14 heteroatoms. The standard InChI is InChI=1S/C21H19ClF3N5O5/c1-10(27-21(32)29-28-20(31)15-7-17(33-2)30-35-15)18-14(23)6-11(8-26-18)12-4-3-5-13(22)19(12)34-9-16(24)25/h3-8,10,16H,9H2,1-2H3,(H,28,31)(H2,27,29,32). The van der Waals surface area contributed by atoms with Gasteiger partial charge in [0.25, 0.3) is 12.3 Å². The van der Waals surface area contributed by atoms with Crippen LogP contribution in [0.1, 0.15) is 29.2 Å². The Bertz CT molecular complexity index is 1210. The maximum Gasteiger partial charge on any atom is 0.334 e. The fourth-order valence-electron chi connectivity index (χ4n) is 2.88. The molecule has 0 aliphatic carbocycles. The molecule has 0 bridgehead atoms. The number of hydrazine groups is 1. The SMILES string of the molecule is COc1cc(C(=O)NNC(=O)NC(C)c2ncc(-c3cccc(Cl)c3OCC(F)F)cc2F)on1. The van der Waals surface area contributed by atoms with Crippen LogP contribution in [-0.2, 0) is 0 Å². The lowest BCUT2D eigenvalue weighted by Crippen LogP contribution is -2.47. The van der Waals surface area contributed by atoms with Gasteiger partial charge in [-0.15, -0.1) is 0 Å². The summed E-state index contributed by atoms with van der Waals surface area (Å²) in [4.78, 5) is 28.0. The number of amides is 3. The molecule has 2 heterocycles. The van der Waals surface area contributed by atoms with Crippen molar-refractivity contribution in [3.63, 3.8) is 0 Å². The van der Waals surface area contributed by atoms with Crippen LogP contribution in [0, 0.1) is 5.82 Å². The Kier molecular flexibility index (Phi) is 8.36. The maximum atomic E-state index is 14.8. The number of para-hydroxylation sites is 1. The number of urea groups is 1. The van der Waals surface area contributed by atoms with Crippen molar-refractivity contribution in [3.05, 3.63) is 58.8 Å². The van der Waals surface area contributed by atoms with Gasteiger partial charge in [-0.05, 0) is 24.2 Å². The minimum Gasteiger partial charge on any atom is -0.485 e.